The third-order valence-electron chi connectivity index (χ3n) is 3.54. The van der Waals surface area contributed by atoms with Crippen LogP contribution in [-0.4, -0.2) is 6.04 Å². The van der Waals surface area contributed by atoms with Gasteiger partial charge in [-0.2, -0.15) is 0 Å². The Kier molecular flexibility index (Phi) is 2.15. The van der Waals surface area contributed by atoms with E-state index in [2.05, 4.69) is 5.32 Å². The lowest BCUT2D eigenvalue weighted by Gasteiger charge is -2.06. The highest BCUT2D eigenvalue weighted by Gasteiger charge is 2.22. The van der Waals surface area contributed by atoms with E-state index in [0.29, 0.717) is 22.9 Å². The van der Waals surface area contributed by atoms with Crippen molar-refractivity contribution < 1.29 is 4.42 Å². The van der Waals surface area contributed by atoms with Crippen LogP contribution >= 0.6 is 0 Å². The average Bonchev–Trinajstić information content (AvgIpc) is 3.22. The highest BCUT2D eigenvalue weighted by Crippen LogP contribution is 2.28. The van der Waals surface area contributed by atoms with Gasteiger partial charge in [0.25, 0.3) is 0 Å². The molecule has 1 N–H and O–H groups in total. The molecule has 3 aromatic rings. The van der Waals surface area contributed by atoms with Crippen molar-refractivity contribution >= 4 is 27.6 Å². The molecular weight excluding hydrogens is 238 g/mol. The summed E-state index contributed by atoms with van der Waals surface area (Å²) in [5.41, 5.74) is 0.663. The van der Waals surface area contributed by atoms with Gasteiger partial charge in [-0.05, 0) is 29.7 Å². The first-order chi connectivity index (χ1) is 9.31. The van der Waals surface area contributed by atoms with Crippen LogP contribution in [-0.2, 0) is 0 Å². The Hall–Kier alpha value is -2.29. The lowest BCUT2D eigenvalue weighted by Crippen LogP contribution is -2.06. The van der Waals surface area contributed by atoms with Gasteiger partial charge in [0.2, 0.25) is 0 Å². The number of benzene rings is 2. The minimum Gasteiger partial charge on any atom is -0.440 e. The Bertz CT molecular complexity index is 831. The quantitative estimate of drug-likeness (QED) is 0.708. The van der Waals surface area contributed by atoms with Gasteiger partial charge in [-0.3, -0.25) is 4.79 Å². The van der Waals surface area contributed by atoms with Gasteiger partial charge < -0.3 is 9.73 Å². The summed E-state index contributed by atoms with van der Waals surface area (Å²) in [6.07, 6.45) is 2.30. The van der Waals surface area contributed by atoms with E-state index in [4.69, 9.17) is 4.42 Å². The zero-order chi connectivity index (χ0) is 12.8. The molecule has 19 heavy (non-hydrogen) atoms. The van der Waals surface area contributed by atoms with Crippen molar-refractivity contribution in [3.8, 4) is 0 Å². The fraction of sp³-hybridized carbons (Fsp3) is 0.188. The summed E-state index contributed by atoms with van der Waals surface area (Å²) in [6, 6.07) is 13.8. The van der Waals surface area contributed by atoms with Crippen molar-refractivity contribution in [2.75, 3.05) is 5.32 Å². The van der Waals surface area contributed by atoms with Gasteiger partial charge in [-0.25, -0.2) is 0 Å². The molecule has 0 atom stereocenters. The second kappa shape index (κ2) is 3.85. The Balaban J connectivity index is 2.01. The fourth-order valence-corrected chi connectivity index (χ4v) is 2.43. The van der Waals surface area contributed by atoms with E-state index < -0.39 is 0 Å². The van der Waals surface area contributed by atoms with Crippen LogP contribution in [0.25, 0.3) is 21.7 Å². The molecule has 1 saturated carbocycles. The highest BCUT2D eigenvalue weighted by molar-refractivity contribution is 6.05. The Morgan fingerprint density at radius 1 is 1.11 bits per heavy atom. The first-order valence-corrected chi connectivity index (χ1v) is 6.53. The van der Waals surface area contributed by atoms with E-state index >= 15 is 0 Å². The molecule has 1 aliphatic rings. The van der Waals surface area contributed by atoms with Crippen LogP contribution in [0.2, 0.25) is 0 Å². The van der Waals surface area contributed by atoms with Crippen LogP contribution in [0.3, 0.4) is 0 Å². The topological polar surface area (TPSA) is 42.2 Å². The maximum atomic E-state index is 12.3. The van der Waals surface area contributed by atoms with Gasteiger partial charge >= 0.3 is 0 Å². The molecule has 0 saturated heterocycles. The maximum Gasteiger partial charge on any atom is 0.197 e. The van der Waals surface area contributed by atoms with Gasteiger partial charge in [0.05, 0.1) is 5.39 Å². The average molecular weight is 251 g/mol. The molecular formula is C16H13NO2. The lowest BCUT2D eigenvalue weighted by molar-refractivity contribution is 0.614. The lowest BCUT2D eigenvalue weighted by atomic mass is 10.1. The Morgan fingerprint density at radius 3 is 2.79 bits per heavy atom. The van der Waals surface area contributed by atoms with Gasteiger partial charge in [0.15, 0.2) is 11.3 Å². The summed E-state index contributed by atoms with van der Waals surface area (Å²) in [5, 5.41) is 5.91. The molecule has 2 aromatic carbocycles. The van der Waals surface area contributed by atoms with Crippen LogP contribution in [0.15, 0.2) is 51.7 Å². The van der Waals surface area contributed by atoms with E-state index in [-0.39, 0.29) is 5.43 Å². The van der Waals surface area contributed by atoms with Crippen LogP contribution in [0.4, 0.5) is 5.88 Å². The SMILES string of the molecule is O=c1cc(NC2CC2)oc2ccc3ccccc3c12. The summed E-state index contributed by atoms with van der Waals surface area (Å²) in [6.45, 7) is 0. The maximum absolute atomic E-state index is 12.3. The summed E-state index contributed by atoms with van der Waals surface area (Å²) in [4.78, 5) is 12.3. The third kappa shape index (κ3) is 1.78. The predicted molar refractivity (Wildman–Crippen MR) is 76.6 cm³/mol. The molecule has 3 nitrogen and oxygen atoms in total. The molecule has 1 aromatic heterocycles. The molecule has 3 heteroatoms. The molecule has 0 radical (unpaired) electrons. The zero-order valence-corrected chi connectivity index (χ0v) is 10.3. The molecule has 0 aliphatic heterocycles. The molecule has 1 aliphatic carbocycles. The normalized spacial score (nSPS) is 14.9. The Morgan fingerprint density at radius 2 is 1.95 bits per heavy atom. The largest absolute Gasteiger partial charge is 0.440 e. The Labute approximate surface area is 109 Å². The predicted octanol–water partition coefficient (Wildman–Crippen LogP) is 3.52. The van der Waals surface area contributed by atoms with Crippen molar-refractivity contribution in [3.63, 3.8) is 0 Å². The van der Waals surface area contributed by atoms with Crippen molar-refractivity contribution in [3.05, 3.63) is 52.7 Å². The van der Waals surface area contributed by atoms with Crippen LogP contribution < -0.4 is 10.7 Å². The summed E-state index contributed by atoms with van der Waals surface area (Å²) in [7, 11) is 0. The minimum absolute atomic E-state index is 0.0150. The zero-order valence-electron chi connectivity index (χ0n) is 10.3. The highest BCUT2D eigenvalue weighted by atomic mass is 16.3. The number of nitrogens with one attached hydrogen (secondary N) is 1. The standard InChI is InChI=1S/C16H13NO2/c18-13-9-15(17-11-6-7-11)19-14-8-5-10-3-1-2-4-12(10)16(13)14/h1-5,8-9,11,17H,6-7H2. The van der Waals surface area contributed by atoms with Gasteiger partial charge in [0, 0.05) is 12.1 Å². The van der Waals surface area contributed by atoms with Gasteiger partial charge in [0.1, 0.15) is 5.58 Å². The molecule has 0 unspecified atom stereocenters. The van der Waals surface area contributed by atoms with Crippen molar-refractivity contribution in [1.29, 1.82) is 0 Å². The molecule has 1 heterocycles. The van der Waals surface area contributed by atoms with Gasteiger partial charge in [-0.1, -0.05) is 30.3 Å². The van der Waals surface area contributed by atoms with Crippen LogP contribution in [0.1, 0.15) is 12.8 Å². The fourth-order valence-electron chi connectivity index (χ4n) is 2.43. The smallest absolute Gasteiger partial charge is 0.197 e. The second-order valence-electron chi connectivity index (χ2n) is 5.05. The number of fused-ring (bicyclic) bond motifs is 3. The molecule has 1 fully saturated rings. The molecule has 4 rings (SSSR count). The molecule has 0 amide bonds. The van der Waals surface area contributed by atoms with E-state index in [1.165, 1.54) is 0 Å². The number of hydrogen-bond acceptors (Lipinski definition) is 3. The van der Waals surface area contributed by atoms with Crippen molar-refractivity contribution in [1.82, 2.24) is 0 Å². The molecule has 0 spiro atoms. The molecule has 0 bridgehead atoms. The van der Waals surface area contributed by atoms with Crippen molar-refractivity contribution in [2.45, 2.75) is 18.9 Å². The van der Waals surface area contributed by atoms with Gasteiger partial charge in [-0.15, -0.1) is 0 Å². The van der Waals surface area contributed by atoms with E-state index in [0.717, 1.165) is 23.6 Å². The number of hydrogen-bond donors (Lipinski definition) is 1. The van der Waals surface area contributed by atoms with Crippen LogP contribution in [0, 0.1) is 0 Å². The first-order valence-electron chi connectivity index (χ1n) is 6.53. The number of anilines is 1. The first kappa shape index (κ1) is 10.6. The summed E-state index contributed by atoms with van der Waals surface area (Å²) < 4.78 is 5.79. The van der Waals surface area contributed by atoms with Crippen molar-refractivity contribution in [2.24, 2.45) is 0 Å². The second-order valence-corrected chi connectivity index (χ2v) is 5.05. The van der Waals surface area contributed by atoms with E-state index in [1.807, 2.05) is 36.4 Å². The van der Waals surface area contributed by atoms with E-state index in [1.54, 1.807) is 6.07 Å². The number of rotatable bonds is 2. The monoisotopic (exact) mass is 251 g/mol. The third-order valence-corrected chi connectivity index (χ3v) is 3.54. The van der Waals surface area contributed by atoms with Crippen LogP contribution in [0.5, 0.6) is 0 Å². The van der Waals surface area contributed by atoms with E-state index in [9.17, 15) is 4.79 Å². The minimum atomic E-state index is 0.0150. The molecule has 94 valence electrons. The summed E-state index contributed by atoms with van der Waals surface area (Å²) >= 11 is 0. The summed E-state index contributed by atoms with van der Waals surface area (Å²) in [5.74, 6) is 0.579.